The molecule has 1 aliphatic heterocycles. The molecular formula is C14H13F2NO3. The van der Waals surface area contributed by atoms with E-state index in [1.54, 1.807) is 0 Å². The largest absolute Gasteiger partial charge is 0.393 e. The second-order valence-electron chi connectivity index (χ2n) is 5.37. The molecule has 2 aliphatic rings. The number of hydrogen-bond acceptors (Lipinski definition) is 3. The van der Waals surface area contributed by atoms with Gasteiger partial charge in [0.05, 0.1) is 17.2 Å². The third-order valence-electron chi connectivity index (χ3n) is 3.97. The lowest BCUT2D eigenvalue weighted by Gasteiger charge is -2.18. The van der Waals surface area contributed by atoms with Crippen LogP contribution in [-0.2, 0) is 0 Å². The summed E-state index contributed by atoms with van der Waals surface area (Å²) in [4.78, 5) is 25.2. The number of imide groups is 1. The minimum absolute atomic E-state index is 0.0434. The summed E-state index contributed by atoms with van der Waals surface area (Å²) in [7, 11) is 0. The summed E-state index contributed by atoms with van der Waals surface area (Å²) >= 11 is 0. The second kappa shape index (κ2) is 4.63. The molecule has 0 saturated heterocycles. The second-order valence-corrected chi connectivity index (χ2v) is 5.37. The quantitative estimate of drug-likeness (QED) is 0.840. The minimum atomic E-state index is -1.14. The Bertz CT molecular complexity index is 561. The highest BCUT2D eigenvalue weighted by atomic mass is 19.2. The Morgan fingerprint density at radius 3 is 2.10 bits per heavy atom. The number of amides is 2. The van der Waals surface area contributed by atoms with Crippen molar-refractivity contribution in [1.29, 1.82) is 0 Å². The highest BCUT2D eigenvalue weighted by Gasteiger charge is 2.39. The molecule has 1 N–H and O–H groups in total. The van der Waals surface area contributed by atoms with Gasteiger partial charge >= 0.3 is 0 Å². The van der Waals surface area contributed by atoms with Crippen LogP contribution in [0.1, 0.15) is 40.0 Å². The van der Waals surface area contributed by atoms with E-state index in [1.165, 1.54) is 0 Å². The molecular weight excluding hydrogens is 268 g/mol. The van der Waals surface area contributed by atoms with Gasteiger partial charge in [-0.2, -0.15) is 0 Å². The van der Waals surface area contributed by atoms with Crippen molar-refractivity contribution in [2.75, 3.05) is 6.54 Å². The first-order valence-corrected chi connectivity index (χ1v) is 6.50. The van der Waals surface area contributed by atoms with Crippen LogP contribution in [0.15, 0.2) is 12.1 Å². The average Bonchev–Trinajstić information content (AvgIpc) is 2.90. The summed E-state index contributed by atoms with van der Waals surface area (Å²) in [6, 6.07) is 1.54. The van der Waals surface area contributed by atoms with Gasteiger partial charge in [-0.15, -0.1) is 0 Å². The van der Waals surface area contributed by atoms with Crippen molar-refractivity contribution in [1.82, 2.24) is 4.90 Å². The van der Waals surface area contributed by atoms with E-state index in [2.05, 4.69) is 0 Å². The number of fused-ring (bicyclic) bond motifs is 1. The number of rotatable bonds is 2. The number of aliphatic hydroxyl groups is 1. The van der Waals surface area contributed by atoms with Crippen LogP contribution in [0.25, 0.3) is 0 Å². The Labute approximate surface area is 114 Å². The maximum atomic E-state index is 13.2. The van der Waals surface area contributed by atoms with Gasteiger partial charge in [-0.05, 0) is 37.3 Å². The number of carbonyl (C=O) groups is 2. The molecule has 106 valence electrons. The van der Waals surface area contributed by atoms with Crippen LogP contribution in [0.5, 0.6) is 0 Å². The number of halogens is 2. The summed E-state index contributed by atoms with van der Waals surface area (Å²) in [5.41, 5.74) is -0.181. The molecule has 2 unspecified atom stereocenters. The van der Waals surface area contributed by atoms with Gasteiger partial charge in [0, 0.05) is 6.54 Å². The minimum Gasteiger partial charge on any atom is -0.393 e. The molecule has 0 radical (unpaired) electrons. The van der Waals surface area contributed by atoms with E-state index in [4.69, 9.17) is 0 Å². The molecule has 4 nitrogen and oxygen atoms in total. The summed E-state index contributed by atoms with van der Waals surface area (Å²) in [5, 5.41) is 9.46. The van der Waals surface area contributed by atoms with Crippen LogP contribution >= 0.6 is 0 Å². The van der Waals surface area contributed by atoms with Crippen molar-refractivity contribution in [3.05, 3.63) is 34.9 Å². The van der Waals surface area contributed by atoms with Gasteiger partial charge in [0.2, 0.25) is 0 Å². The van der Waals surface area contributed by atoms with Gasteiger partial charge in [0.25, 0.3) is 11.8 Å². The maximum Gasteiger partial charge on any atom is 0.261 e. The lowest BCUT2D eigenvalue weighted by molar-refractivity contribution is 0.0624. The molecule has 1 fully saturated rings. The fraction of sp³-hybridized carbons (Fsp3) is 0.429. The predicted octanol–water partition coefficient (Wildman–Crippen LogP) is 1.72. The molecule has 0 aromatic heterocycles. The predicted molar refractivity (Wildman–Crippen MR) is 65.1 cm³/mol. The average molecular weight is 281 g/mol. The summed E-state index contributed by atoms with van der Waals surface area (Å²) in [6.45, 7) is 0.187. The Kier molecular flexibility index (Phi) is 3.05. The molecule has 1 aromatic carbocycles. The van der Waals surface area contributed by atoms with Crippen molar-refractivity contribution in [3.63, 3.8) is 0 Å². The van der Waals surface area contributed by atoms with Crippen LogP contribution in [0.3, 0.4) is 0 Å². The van der Waals surface area contributed by atoms with Gasteiger partial charge in [0.1, 0.15) is 0 Å². The third kappa shape index (κ3) is 2.00. The molecule has 1 heterocycles. The van der Waals surface area contributed by atoms with Crippen molar-refractivity contribution >= 4 is 11.8 Å². The molecule has 1 saturated carbocycles. The van der Waals surface area contributed by atoms with Gasteiger partial charge in [-0.1, -0.05) is 0 Å². The molecule has 0 spiro atoms. The Balaban J connectivity index is 1.86. The van der Waals surface area contributed by atoms with Crippen LogP contribution in [-0.4, -0.2) is 34.5 Å². The lowest BCUT2D eigenvalue weighted by Crippen LogP contribution is -2.34. The maximum absolute atomic E-state index is 13.2. The first kappa shape index (κ1) is 13.2. The first-order valence-electron chi connectivity index (χ1n) is 6.50. The molecule has 2 atom stereocenters. The summed E-state index contributed by atoms with van der Waals surface area (Å²) in [5.74, 6) is -3.41. The molecule has 2 amide bonds. The fourth-order valence-electron chi connectivity index (χ4n) is 2.92. The summed E-state index contributed by atoms with van der Waals surface area (Å²) < 4.78 is 26.3. The number of benzene rings is 1. The van der Waals surface area contributed by atoms with Crippen molar-refractivity contribution < 1.29 is 23.5 Å². The van der Waals surface area contributed by atoms with Crippen molar-refractivity contribution in [2.24, 2.45) is 5.92 Å². The molecule has 20 heavy (non-hydrogen) atoms. The standard InChI is InChI=1S/C14H13F2NO3/c15-11-4-9-10(5-12(11)16)14(20)17(13(9)19)6-7-1-2-8(18)3-7/h4-5,7-8,18H,1-3,6H2. The van der Waals surface area contributed by atoms with E-state index in [9.17, 15) is 23.5 Å². The Morgan fingerprint density at radius 2 is 1.65 bits per heavy atom. The lowest BCUT2D eigenvalue weighted by atomic mass is 10.1. The molecule has 0 bridgehead atoms. The number of hydrogen-bond donors (Lipinski definition) is 1. The SMILES string of the molecule is O=C1c2cc(F)c(F)cc2C(=O)N1CC1CCC(O)C1. The van der Waals surface area contributed by atoms with Gasteiger partial charge in [0.15, 0.2) is 11.6 Å². The zero-order chi connectivity index (χ0) is 14.4. The normalized spacial score (nSPS) is 25.4. The van der Waals surface area contributed by atoms with Crippen LogP contribution in [0.4, 0.5) is 8.78 Å². The van der Waals surface area contributed by atoms with E-state index < -0.39 is 29.6 Å². The van der Waals surface area contributed by atoms with Crippen LogP contribution in [0.2, 0.25) is 0 Å². The third-order valence-corrected chi connectivity index (χ3v) is 3.97. The first-order chi connectivity index (χ1) is 9.47. The molecule has 6 heteroatoms. The summed E-state index contributed by atoms with van der Waals surface area (Å²) in [6.07, 6.45) is 1.52. The fourth-order valence-corrected chi connectivity index (χ4v) is 2.92. The van der Waals surface area contributed by atoms with Gasteiger partial charge in [-0.3, -0.25) is 14.5 Å². The van der Waals surface area contributed by atoms with Crippen molar-refractivity contribution in [2.45, 2.75) is 25.4 Å². The number of nitrogens with zero attached hydrogens (tertiary/aromatic N) is 1. The van der Waals surface area contributed by atoms with Crippen molar-refractivity contribution in [3.8, 4) is 0 Å². The topological polar surface area (TPSA) is 57.6 Å². The molecule has 1 aliphatic carbocycles. The zero-order valence-corrected chi connectivity index (χ0v) is 10.6. The molecule has 3 rings (SSSR count). The number of aliphatic hydroxyl groups excluding tert-OH is 1. The Hall–Kier alpha value is -1.82. The van der Waals surface area contributed by atoms with E-state index in [1.807, 2.05) is 0 Å². The smallest absolute Gasteiger partial charge is 0.261 e. The highest BCUT2D eigenvalue weighted by molar-refractivity contribution is 6.21. The van der Waals surface area contributed by atoms with Crippen LogP contribution in [0, 0.1) is 17.6 Å². The van der Waals surface area contributed by atoms with E-state index in [-0.39, 0.29) is 23.6 Å². The van der Waals surface area contributed by atoms with Gasteiger partial charge in [-0.25, -0.2) is 8.78 Å². The van der Waals surface area contributed by atoms with E-state index in [0.717, 1.165) is 23.5 Å². The highest BCUT2D eigenvalue weighted by Crippen LogP contribution is 2.30. The van der Waals surface area contributed by atoms with E-state index in [0.29, 0.717) is 12.8 Å². The monoisotopic (exact) mass is 281 g/mol. The van der Waals surface area contributed by atoms with E-state index >= 15 is 0 Å². The zero-order valence-electron chi connectivity index (χ0n) is 10.6. The van der Waals surface area contributed by atoms with Gasteiger partial charge < -0.3 is 5.11 Å². The number of carbonyl (C=O) groups excluding carboxylic acids is 2. The molecule has 1 aromatic rings. The van der Waals surface area contributed by atoms with Crippen LogP contribution < -0.4 is 0 Å². The Morgan fingerprint density at radius 1 is 1.10 bits per heavy atom.